The van der Waals surface area contributed by atoms with Crippen LogP contribution >= 0.6 is 0 Å². The van der Waals surface area contributed by atoms with Gasteiger partial charge < -0.3 is 4.42 Å². The van der Waals surface area contributed by atoms with Gasteiger partial charge in [0.25, 0.3) is 0 Å². The molecule has 3 heterocycles. The maximum Gasteiger partial charge on any atom is 0.167 e. The second-order valence-electron chi connectivity index (χ2n) is 15.0. The van der Waals surface area contributed by atoms with Crippen molar-refractivity contribution in [2.45, 2.75) is 0 Å². The zero-order valence-electron chi connectivity index (χ0n) is 31.7. The average molecular weight is 753 g/mol. The summed E-state index contributed by atoms with van der Waals surface area (Å²) < 4.78 is 6.66. The van der Waals surface area contributed by atoms with Crippen molar-refractivity contribution in [1.82, 2.24) is 19.9 Å². The summed E-state index contributed by atoms with van der Waals surface area (Å²) in [6.45, 7) is 0. The summed E-state index contributed by atoms with van der Waals surface area (Å²) in [5.41, 5.74) is 8.70. The fourth-order valence-electron chi connectivity index (χ4n) is 8.77. The minimum absolute atomic E-state index is 0.551. The van der Waals surface area contributed by atoms with Gasteiger partial charge in [-0.2, -0.15) is 0 Å². The normalized spacial score (nSPS) is 11.7. The Morgan fingerprint density at radius 2 is 0.983 bits per heavy atom. The summed E-state index contributed by atoms with van der Waals surface area (Å²) >= 11 is 0. The Morgan fingerprint density at radius 1 is 0.339 bits per heavy atom. The Bertz CT molecular complexity index is 3610. The third kappa shape index (κ3) is 5.47. The Hall–Kier alpha value is -8.02. The summed E-state index contributed by atoms with van der Waals surface area (Å²) in [4.78, 5) is 20.0. The van der Waals surface area contributed by atoms with E-state index >= 15 is 0 Å². The molecule has 0 bridgehead atoms. The molecule has 12 aromatic rings. The third-order valence-electron chi connectivity index (χ3n) is 11.6. The molecule has 0 atom stereocenters. The number of hydrogen-bond donors (Lipinski definition) is 0. The van der Waals surface area contributed by atoms with Gasteiger partial charge in [-0.15, -0.1) is 0 Å². The van der Waals surface area contributed by atoms with Gasteiger partial charge in [-0.05, 0) is 84.2 Å². The molecule has 0 spiro atoms. The van der Waals surface area contributed by atoms with Gasteiger partial charge in [0.1, 0.15) is 11.2 Å². The molecule has 5 nitrogen and oxygen atoms in total. The largest absolute Gasteiger partial charge is 0.455 e. The van der Waals surface area contributed by atoms with Crippen LogP contribution in [-0.2, 0) is 0 Å². The second-order valence-corrected chi connectivity index (χ2v) is 15.0. The number of benzene rings is 9. The monoisotopic (exact) mass is 752 g/mol. The van der Waals surface area contributed by atoms with E-state index in [1.165, 1.54) is 37.9 Å². The van der Waals surface area contributed by atoms with Crippen LogP contribution in [0.25, 0.3) is 121 Å². The first-order chi connectivity index (χ1) is 29.2. The minimum Gasteiger partial charge on any atom is -0.455 e. The lowest BCUT2D eigenvalue weighted by molar-refractivity contribution is 0.670. The molecule has 0 fully saturated rings. The Kier molecular flexibility index (Phi) is 7.47. The summed E-state index contributed by atoms with van der Waals surface area (Å²) in [6.07, 6.45) is 3.82. The molecule has 274 valence electrons. The molecule has 0 amide bonds. The van der Waals surface area contributed by atoms with Crippen LogP contribution in [-0.4, -0.2) is 19.9 Å². The molecule has 3 aromatic heterocycles. The van der Waals surface area contributed by atoms with E-state index in [2.05, 4.69) is 175 Å². The van der Waals surface area contributed by atoms with Gasteiger partial charge in [-0.1, -0.05) is 158 Å². The minimum atomic E-state index is 0.551. The van der Waals surface area contributed by atoms with Crippen molar-refractivity contribution < 1.29 is 4.42 Å². The van der Waals surface area contributed by atoms with Crippen molar-refractivity contribution in [2.75, 3.05) is 0 Å². The van der Waals surface area contributed by atoms with Crippen LogP contribution in [0.2, 0.25) is 0 Å². The predicted octanol–water partition coefficient (Wildman–Crippen LogP) is 14.1. The third-order valence-corrected chi connectivity index (χ3v) is 11.6. The number of furan rings is 1. The van der Waals surface area contributed by atoms with Gasteiger partial charge in [0.2, 0.25) is 0 Å². The number of hydrogen-bond acceptors (Lipinski definition) is 5. The SMILES string of the molecule is c1ccc(-c2cccc(-c3nc(-c4ccc(-c5cccc6ccc7c8cnccc8ccc7c56)cc4)nc(-c4cccc5c4oc4ccc6ccccc6c45)n3)c2)cc1. The molecular weight excluding hydrogens is 721 g/mol. The lowest BCUT2D eigenvalue weighted by Gasteiger charge is -2.13. The van der Waals surface area contributed by atoms with Gasteiger partial charge in [0, 0.05) is 39.7 Å². The van der Waals surface area contributed by atoms with Crippen molar-refractivity contribution in [2.24, 2.45) is 0 Å². The van der Waals surface area contributed by atoms with Crippen molar-refractivity contribution in [3.05, 3.63) is 194 Å². The number of rotatable bonds is 5. The Morgan fingerprint density at radius 3 is 1.90 bits per heavy atom. The highest BCUT2D eigenvalue weighted by atomic mass is 16.3. The molecule has 0 unspecified atom stereocenters. The van der Waals surface area contributed by atoms with Crippen LogP contribution in [0.5, 0.6) is 0 Å². The van der Waals surface area contributed by atoms with E-state index in [4.69, 9.17) is 19.4 Å². The molecule has 59 heavy (non-hydrogen) atoms. The number of para-hydroxylation sites is 1. The summed E-state index contributed by atoms with van der Waals surface area (Å²) in [5, 5.41) is 11.6. The molecule has 0 saturated heterocycles. The fourth-order valence-corrected chi connectivity index (χ4v) is 8.77. The number of nitrogens with zero attached hydrogens (tertiary/aromatic N) is 4. The van der Waals surface area contributed by atoms with Crippen LogP contribution in [0.3, 0.4) is 0 Å². The lowest BCUT2D eigenvalue weighted by atomic mass is 9.92. The summed E-state index contributed by atoms with van der Waals surface area (Å²) in [6, 6.07) is 63.7. The first-order valence-corrected chi connectivity index (χ1v) is 19.8. The maximum absolute atomic E-state index is 6.66. The van der Waals surface area contributed by atoms with Gasteiger partial charge in [0.15, 0.2) is 17.5 Å². The van der Waals surface area contributed by atoms with Crippen LogP contribution in [0.4, 0.5) is 0 Å². The van der Waals surface area contributed by atoms with Crippen LogP contribution < -0.4 is 0 Å². The quantitative estimate of drug-likeness (QED) is 0.164. The van der Waals surface area contributed by atoms with Crippen LogP contribution in [0.1, 0.15) is 0 Å². The maximum atomic E-state index is 6.66. The van der Waals surface area contributed by atoms with E-state index in [9.17, 15) is 0 Å². The highest BCUT2D eigenvalue weighted by Gasteiger charge is 2.19. The standard InChI is InChI=1S/C54H32N4O/c1-2-9-33(10-3-1)39-13-6-14-40(31-39)53-56-52(57-54(58-53)46-18-8-17-45-50-42-15-5-4-11-34(42)25-28-48(50)59-51(45)46)38-21-19-35(20-22-38)41-16-7-12-37-24-26-43-44(49(37)41)27-23-36-29-30-55-32-47(36)43/h1-32H. The van der Waals surface area contributed by atoms with E-state index in [0.717, 1.165) is 66.1 Å². The van der Waals surface area contributed by atoms with Gasteiger partial charge in [-0.3, -0.25) is 4.98 Å². The van der Waals surface area contributed by atoms with Crippen molar-refractivity contribution in [3.8, 4) is 56.4 Å². The first-order valence-electron chi connectivity index (χ1n) is 19.8. The van der Waals surface area contributed by atoms with Gasteiger partial charge >= 0.3 is 0 Å². The zero-order chi connectivity index (χ0) is 38.9. The topological polar surface area (TPSA) is 64.7 Å². The van der Waals surface area contributed by atoms with Crippen molar-refractivity contribution >= 4 is 65.0 Å². The average Bonchev–Trinajstić information content (AvgIpc) is 3.71. The van der Waals surface area contributed by atoms with E-state index in [1.54, 1.807) is 0 Å². The Balaban J connectivity index is 1.03. The van der Waals surface area contributed by atoms with E-state index in [1.807, 2.05) is 24.5 Å². The molecule has 0 saturated carbocycles. The number of fused-ring (bicyclic) bond motifs is 10. The smallest absolute Gasteiger partial charge is 0.167 e. The first kappa shape index (κ1) is 33.2. The molecular formula is C54H32N4O. The second kappa shape index (κ2) is 13.3. The highest BCUT2D eigenvalue weighted by Crippen LogP contribution is 2.40. The predicted molar refractivity (Wildman–Crippen MR) is 242 cm³/mol. The van der Waals surface area contributed by atoms with Gasteiger partial charge in [-0.25, -0.2) is 15.0 Å². The fraction of sp³-hybridized carbons (Fsp3) is 0. The number of pyridine rings is 1. The molecule has 0 radical (unpaired) electrons. The summed E-state index contributed by atoms with van der Waals surface area (Å²) in [5.74, 6) is 1.73. The van der Waals surface area contributed by atoms with Crippen LogP contribution in [0, 0.1) is 0 Å². The molecule has 0 N–H and O–H groups in total. The molecule has 12 rings (SSSR count). The van der Waals surface area contributed by atoms with Crippen molar-refractivity contribution in [3.63, 3.8) is 0 Å². The summed E-state index contributed by atoms with van der Waals surface area (Å²) in [7, 11) is 0. The zero-order valence-corrected chi connectivity index (χ0v) is 31.7. The molecule has 5 heteroatoms. The molecule has 0 aliphatic carbocycles. The lowest BCUT2D eigenvalue weighted by Crippen LogP contribution is -2.00. The number of aromatic nitrogens is 4. The van der Waals surface area contributed by atoms with Gasteiger partial charge in [0.05, 0.1) is 5.56 Å². The van der Waals surface area contributed by atoms with Crippen LogP contribution in [0.15, 0.2) is 199 Å². The van der Waals surface area contributed by atoms with Crippen molar-refractivity contribution in [1.29, 1.82) is 0 Å². The highest BCUT2D eigenvalue weighted by molar-refractivity contribution is 6.22. The van der Waals surface area contributed by atoms with E-state index < -0.39 is 0 Å². The molecule has 9 aromatic carbocycles. The molecule has 0 aliphatic heterocycles. The Labute approximate surface area is 338 Å². The molecule has 0 aliphatic rings. The van der Waals surface area contributed by atoms with E-state index in [0.29, 0.717) is 17.5 Å². The van der Waals surface area contributed by atoms with E-state index in [-0.39, 0.29) is 0 Å².